The van der Waals surface area contributed by atoms with E-state index in [1.807, 2.05) is 16.8 Å². The average molecular weight is 516 g/mol. The Bertz CT molecular complexity index is 1810. The van der Waals surface area contributed by atoms with Crippen molar-refractivity contribution in [2.75, 3.05) is 20.3 Å². The molecule has 7 rings (SSSR count). The Balaban J connectivity index is 1.61. The van der Waals surface area contributed by atoms with Crippen molar-refractivity contribution >= 4 is 33.1 Å². The maximum Gasteiger partial charge on any atom is 0.274 e. The van der Waals surface area contributed by atoms with Crippen molar-refractivity contribution < 1.29 is 18.6 Å². The van der Waals surface area contributed by atoms with Crippen molar-refractivity contribution in [1.82, 2.24) is 14.8 Å². The van der Waals surface area contributed by atoms with E-state index in [1.165, 1.54) is 12.8 Å². The second-order valence-corrected chi connectivity index (χ2v) is 10.3. The molecule has 9 heteroatoms. The van der Waals surface area contributed by atoms with E-state index in [2.05, 4.69) is 10.1 Å². The molecule has 1 saturated carbocycles. The molecule has 3 aromatic heterocycles. The van der Waals surface area contributed by atoms with Crippen LogP contribution < -0.4 is 25.2 Å². The highest BCUT2D eigenvalue weighted by Gasteiger charge is 2.28. The summed E-state index contributed by atoms with van der Waals surface area (Å²) in [4.78, 5) is 29.7. The molecular weight excluding hydrogens is 486 g/mol. The highest BCUT2D eigenvalue weighted by molar-refractivity contribution is 6.15. The molecule has 2 aliphatic rings. The SMILES string of the molecule is COc1cc(-c2c3oc4c(C)c(=O)ccc4c3[nH]c3c2c(=O)[nH]n3C2CCCCCC2)cc2c1OCCO2. The first kappa shape index (κ1) is 23.0. The summed E-state index contributed by atoms with van der Waals surface area (Å²) in [6, 6.07) is 7.25. The van der Waals surface area contributed by atoms with E-state index in [-0.39, 0.29) is 17.0 Å². The van der Waals surface area contributed by atoms with Crippen LogP contribution in [0.1, 0.15) is 50.1 Å². The molecule has 2 N–H and O–H groups in total. The van der Waals surface area contributed by atoms with E-state index in [0.717, 1.165) is 36.6 Å². The lowest BCUT2D eigenvalue weighted by Crippen LogP contribution is -2.16. The third-order valence-electron chi connectivity index (χ3n) is 8.01. The average Bonchev–Trinajstić information content (AvgIpc) is 3.33. The van der Waals surface area contributed by atoms with Crippen LogP contribution in [0.5, 0.6) is 17.2 Å². The molecule has 1 fully saturated rings. The molecule has 1 aliphatic heterocycles. The molecule has 0 amide bonds. The number of hydrogen-bond donors (Lipinski definition) is 2. The third kappa shape index (κ3) is 3.37. The second kappa shape index (κ2) is 8.72. The molecule has 0 radical (unpaired) electrons. The number of rotatable bonds is 3. The topological polar surface area (TPSA) is 111 Å². The molecular formula is C29H29N3O6. The van der Waals surface area contributed by atoms with Crippen LogP contribution in [0, 0.1) is 6.92 Å². The monoisotopic (exact) mass is 515 g/mol. The normalized spacial score (nSPS) is 16.4. The number of aryl methyl sites for hydroxylation is 1. The van der Waals surface area contributed by atoms with E-state index < -0.39 is 0 Å². The van der Waals surface area contributed by atoms with Crippen LogP contribution in [0.3, 0.4) is 0 Å². The lowest BCUT2D eigenvalue weighted by molar-refractivity contribution is 0.165. The van der Waals surface area contributed by atoms with Crippen molar-refractivity contribution in [3.8, 4) is 28.4 Å². The van der Waals surface area contributed by atoms with Crippen molar-refractivity contribution in [1.29, 1.82) is 0 Å². The number of fused-ring (bicyclic) bond motifs is 5. The van der Waals surface area contributed by atoms with E-state index in [9.17, 15) is 9.59 Å². The fraction of sp³-hybridized carbons (Fsp3) is 0.379. The summed E-state index contributed by atoms with van der Waals surface area (Å²) in [7, 11) is 1.58. The fourth-order valence-electron chi connectivity index (χ4n) is 6.10. The van der Waals surface area contributed by atoms with E-state index in [0.29, 0.717) is 69.4 Å². The quantitative estimate of drug-likeness (QED) is 0.304. The number of hydrogen-bond acceptors (Lipinski definition) is 6. The Morgan fingerprint density at radius 1 is 1.00 bits per heavy atom. The minimum atomic E-state index is -0.201. The van der Waals surface area contributed by atoms with Gasteiger partial charge in [0.05, 0.1) is 24.1 Å². The molecule has 0 spiro atoms. The number of pyridine rings is 1. The Morgan fingerprint density at radius 2 is 1.79 bits per heavy atom. The summed E-state index contributed by atoms with van der Waals surface area (Å²) in [6.45, 7) is 2.61. The number of nitrogens with zero attached hydrogens (tertiary/aromatic N) is 1. The molecule has 0 bridgehead atoms. The number of H-pyrrole nitrogens is 2. The molecule has 38 heavy (non-hydrogen) atoms. The van der Waals surface area contributed by atoms with Gasteiger partial charge in [-0.2, -0.15) is 0 Å². The van der Waals surface area contributed by atoms with Crippen molar-refractivity contribution in [3.05, 3.63) is 50.4 Å². The van der Waals surface area contributed by atoms with Crippen LogP contribution in [0.4, 0.5) is 0 Å². The largest absolute Gasteiger partial charge is 0.493 e. The summed E-state index contributed by atoms with van der Waals surface area (Å²) in [5.41, 5.74) is 4.04. The van der Waals surface area contributed by atoms with Crippen molar-refractivity contribution in [2.24, 2.45) is 0 Å². The number of aromatic amines is 2. The van der Waals surface area contributed by atoms with Gasteiger partial charge in [-0.15, -0.1) is 0 Å². The predicted molar refractivity (Wildman–Crippen MR) is 145 cm³/mol. The number of methoxy groups -OCH3 is 1. The Hall–Kier alpha value is -4.14. The predicted octanol–water partition coefficient (Wildman–Crippen LogP) is 5.57. The van der Waals surface area contributed by atoms with Gasteiger partial charge in [-0.25, -0.2) is 0 Å². The lowest BCUT2D eigenvalue weighted by atomic mass is 10.00. The molecule has 1 aliphatic carbocycles. The molecule has 2 aromatic carbocycles. The standard InChI is InChI=1S/C29H29N3O6/c1-15-19(33)10-9-18-24-27(38-25(15)18)22(16-13-20(35-2)26-21(14-16)36-11-12-37-26)23-28(30-24)32(31-29(23)34)17-7-5-3-4-6-8-17/h9-10,13-14,17,30H,3-8,11-12H2,1-2H3,(H,31,34). The highest BCUT2D eigenvalue weighted by atomic mass is 16.6. The summed E-state index contributed by atoms with van der Waals surface area (Å²) in [5.74, 6) is 1.60. The van der Waals surface area contributed by atoms with E-state index >= 15 is 0 Å². The van der Waals surface area contributed by atoms with Gasteiger partial charge in [0, 0.05) is 16.5 Å². The van der Waals surface area contributed by atoms with Crippen LogP contribution in [0.15, 0.2) is 38.3 Å². The summed E-state index contributed by atoms with van der Waals surface area (Å²) < 4.78 is 25.8. The van der Waals surface area contributed by atoms with Gasteiger partial charge >= 0.3 is 0 Å². The molecule has 0 unspecified atom stereocenters. The molecule has 196 valence electrons. The van der Waals surface area contributed by atoms with Crippen LogP contribution >= 0.6 is 0 Å². The molecule has 4 heterocycles. The minimum absolute atomic E-state index is 0.0931. The Morgan fingerprint density at radius 3 is 2.58 bits per heavy atom. The molecule has 0 atom stereocenters. The van der Waals surface area contributed by atoms with Crippen LogP contribution in [0.2, 0.25) is 0 Å². The zero-order chi connectivity index (χ0) is 26.0. The van der Waals surface area contributed by atoms with Crippen LogP contribution in [0.25, 0.3) is 44.2 Å². The van der Waals surface area contributed by atoms with Gasteiger partial charge in [0.15, 0.2) is 22.5 Å². The maximum absolute atomic E-state index is 13.7. The summed E-state index contributed by atoms with van der Waals surface area (Å²) >= 11 is 0. The van der Waals surface area contributed by atoms with Crippen LogP contribution in [-0.4, -0.2) is 35.1 Å². The number of ether oxygens (including phenoxy) is 3. The second-order valence-electron chi connectivity index (χ2n) is 10.3. The van der Waals surface area contributed by atoms with E-state index in [1.54, 1.807) is 26.2 Å². The Labute approximate surface area is 217 Å². The molecule has 5 aromatic rings. The smallest absolute Gasteiger partial charge is 0.274 e. The van der Waals surface area contributed by atoms with Gasteiger partial charge in [0.2, 0.25) is 5.75 Å². The van der Waals surface area contributed by atoms with Crippen molar-refractivity contribution in [3.63, 3.8) is 0 Å². The lowest BCUT2D eigenvalue weighted by Gasteiger charge is -2.21. The van der Waals surface area contributed by atoms with E-state index in [4.69, 9.17) is 18.6 Å². The zero-order valence-electron chi connectivity index (χ0n) is 21.4. The fourth-order valence-corrected chi connectivity index (χ4v) is 6.10. The summed E-state index contributed by atoms with van der Waals surface area (Å²) in [6.07, 6.45) is 6.67. The summed E-state index contributed by atoms with van der Waals surface area (Å²) in [5, 5.41) is 4.43. The number of nitrogens with one attached hydrogen (secondary N) is 2. The van der Waals surface area contributed by atoms with Gasteiger partial charge in [0.25, 0.3) is 5.56 Å². The molecule has 9 nitrogen and oxygen atoms in total. The van der Waals surface area contributed by atoms with Crippen LogP contribution in [-0.2, 0) is 0 Å². The Kier molecular flexibility index (Phi) is 5.28. The third-order valence-corrected chi connectivity index (χ3v) is 8.01. The van der Waals surface area contributed by atoms with Gasteiger partial charge in [-0.05, 0) is 49.6 Å². The van der Waals surface area contributed by atoms with Crippen molar-refractivity contribution in [2.45, 2.75) is 51.5 Å². The van der Waals surface area contributed by atoms with Gasteiger partial charge in [0.1, 0.15) is 24.4 Å². The maximum atomic E-state index is 13.7. The first-order valence-corrected chi connectivity index (χ1v) is 13.3. The minimum Gasteiger partial charge on any atom is -0.493 e. The zero-order valence-corrected chi connectivity index (χ0v) is 21.4. The first-order valence-electron chi connectivity index (χ1n) is 13.3. The number of benzene rings is 2. The van der Waals surface area contributed by atoms with Gasteiger partial charge < -0.3 is 23.6 Å². The first-order chi connectivity index (χ1) is 18.5. The van der Waals surface area contributed by atoms with Gasteiger partial charge in [-0.3, -0.25) is 19.4 Å². The van der Waals surface area contributed by atoms with Gasteiger partial charge in [-0.1, -0.05) is 25.7 Å². The molecule has 0 saturated heterocycles. The number of aromatic nitrogens is 3. The number of furan rings is 1. The highest BCUT2D eigenvalue weighted by Crippen LogP contribution is 2.46.